The number of furan rings is 1. The van der Waals surface area contributed by atoms with Gasteiger partial charge in [0.2, 0.25) is 0 Å². The maximum absolute atomic E-state index is 12.9. The molecule has 3 aromatic rings. The number of benzene rings is 2. The number of carbonyl (C=O) groups is 1. The number of hydrogen-bond donors (Lipinski definition) is 2. The number of aromatic hydroxyl groups is 1. The van der Waals surface area contributed by atoms with Gasteiger partial charge in [-0.3, -0.25) is 4.79 Å². The van der Waals surface area contributed by atoms with Gasteiger partial charge in [-0.15, -0.1) is 0 Å². The molecule has 2 aliphatic heterocycles. The van der Waals surface area contributed by atoms with Crippen molar-refractivity contribution in [1.29, 1.82) is 0 Å². The van der Waals surface area contributed by atoms with Crippen molar-refractivity contribution in [2.75, 3.05) is 26.5 Å². The van der Waals surface area contributed by atoms with E-state index in [1.54, 1.807) is 38.4 Å². The van der Waals surface area contributed by atoms with Gasteiger partial charge < -0.3 is 29.2 Å². The average Bonchev–Trinajstić information content (AvgIpc) is 3.17. The van der Waals surface area contributed by atoms with Crippen LogP contribution in [0.2, 0.25) is 0 Å². The highest BCUT2D eigenvalue weighted by Crippen LogP contribution is 2.54. The van der Waals surface area contributed by atoms with Crippen molar-refractivity contribution >= 4 is 29.0 Å². The second kappa shape index (κ2) is 8.22. The first-order valence-corrected chi connectivity index (χ1v) is 11.8. The first-order valence-electron chi connectivity index (χ1n) is 11.8. The Morgan fingerprint density at radius 1 is 1.11 bits per heavy atom. The quantitative estimate of drug-likeness (QED) is 0.461. The normalized spacial score (nSPS) is 16.2. The summed E-state index contributed by atoms with van der Waals surface area (Å²) in [7, 11) is 4.95. The van der Waals surface area contributed by atoms with E-state index in [2.05, 4.69) is 32.2 Å². The van der Waals surface area contributed by atoms with E-state index in [0.29, 0.717) is 39.9 Å². The minimum absolute atomic E-state index is 0.0306. The number of phenolic OH excluding ortho intramolecular Hbond substituents is 1. The number of hydrogen-bond acceptors (Lipinski definition) is 6. The van der Waals surface area contributed by atoms with Gasteiger partial charge in [0.15, 0.2) is 11.5 Å². The average molecular weight is 487 g/mol. The summed E-state index contributed by atoms with van der Waals surface area (Å²) in [5, 5.41) is 14.1. The van der Waals surface area contributed by atoms with E-state index in [1.165, 1.54) is 12.0 Å². The fourth-order valence-electron chi connectivity index (χ4n) is 5.12. The zero-order valence-electron chi connectivity index (χ0n) is 21.6. The van der Waals surface area contributed by atoms with Gasteiger partial charge in [0, 0.05) is 42.5 Å². The number of fused-ring (bicyclic) bond motifs is 5. The summed E-state index contributed by atoms with van der Waals surface area (Å²) in [5.41, 5.74) is 5.63. The lowest BCUT2D eigenvalue weighted by Gasteiger charge is -2.35. The van der Waals surface area contributed by atoms with Crippen LogP contribution in [0.1, 0.15) is 53.8 Å². The molecule has 0 saturated heterocycles. The van der Waals surface area contributed by atoms with E-state index < -0.39 is 0 Å². The number of aryl methyl sites for hydroxylation is 1. The van der Waals surface area contributed by atoms with Crippen molar-refractivity contribution in [3.63, 3.8) is 0 Å². The van der Waals surface area contributed by atoms with Crippen LogP contribution in [0.5, 0.6) is 17.2 Å². The predicted octanol–water partition coefficient (Wildman–Crippen LogP) is 6.17. The Bertz CT molecular complexity index is 1470. The van der Waals surface area contributed by atoms with Crippen molar-refractivity contribution in [2.45, 2.75) is 33.2 Å². The predicted molar refractivity (Wildman–Crippen MR) is 141 cm³/mol. The molecule has 0 fully saturated rings. The minimum atomic E-state index is -0.220. The SMILES string of the molecule is COc1c(O)ccc2c1-c1ccc3c(c1C(=Cc1oc(C)cc1C(=O)N(C)C)O2)C(C)=CC(C)(C)N3. The van der Waals surface area contributed by atoms with Crippen LogP contribution in [-0.4, -0.2) is 42.7 Å². The Morgan fingerprint density at radius 3 is 2.56 bits per heavy atom. The monoisotopic (exact) mass is 486 g/mol. The van der Waals surface area contributed by atoms with Gasteiger partial charge in [-0.25, -0.2) is 0 Å². The number of carbonyl (C=O) groups excluding carboxylic acids is 1. The molecule has 0 spiro atoms. The van der Waals surface area contributed by atoms with Gasteiger partial charge in [0.05, 0.1) is 23.8 Å². The van der Waals surface area contributed by atoms with E-state index in [9.17, 15) is 9.90 Å². The molecule has 2 aromatic carbocycles. The number of ether oxygens (including phenoxy) is 2. The second-order valence-corrected chi connectivity index (χ2v) is 10.0. The fourth-order valence-corrected chi connectivity index (χ4v) is 5.12. The van der Waals surface area contributed by atoms with Crippen molar-refractivity contribution in [3.05, 3.63) is 64.6 Å². The van der Waals surface area contributed by atoms with Crippen LogP contribution in [0.4, 0.5) is 5.69 Å². The molecule has 7 heteroatoms. The molecule has 0 atom stereocenters. The van der Waals surface area contributed by atoms with Crippen LogP contribution in [0.3, 0.4) is 0 Å². The first kappa shape index (κ1) is 23.6. The summed E-state index contributed by atoms with van der Waals surface area (Å²) in [6.07, 6.45) is 3.96. The molecule has 5 rings (SSSR count). The molecule has 0 aliphatic carbocycles. The Labute approximate surface area is 210 Å². The third kappa shape index (κ3) is 3.71. The van der Waals surface area contributed by atoms with Crippen LogP contribution in [0, 0.1) is 6.92 Å². The number of nitrogens with zero attached hydrogens (tertiary/aromatic N) is 1. The topological polar surface area (TPSA) is 84.2 Å². The molecule has 2 aliphatic rings. The fraction of sp³-hybridized carbons (Fsp3) is 0.276. The zero-order valence-corrected chi connectivity index (χ0v) is 21.6. The molecule has 36 heavy (non-hydrogen) atoms. The van der Waals surface area contributed by atoms with Crippen molar-refractivity contribution < 1.29 is 23.8 Å². The number of amides is 1. The Morgan fingerprint density at radius 2 is 1.86 bits per heavy atom. The molecule has 0 saturated carbocycles. The summed E-state index contributed by atoms with van der Waals surface area (Å²) in [6, 6.07) is 9.05. The Hall–Kier alpha value is -4.13. The first-order chi connectivity index (χ1) is 17.0. The molecule has 1 aromatic heterocycles. The van der Waals surface area contributed by atoms with Gasteiger partial charge in [0.25, 0.3) is 5.91 Å². The van der Waals surface area contributed by atoms with Crippen LogP contribution >= 0.6 is 0 Å². The molecule has 2 N–H and O–H groups in total. The summed E-state index contributed by atoms with van der Waals surface area (Å²) < 4.78 is 18.0. The summed E-state index contributed by atoms with van der Waals surface area (Å²) >= 11 is 0. The van der Waals surface area contributed by atoms with Crippen LogP contribution in [-0.2, 0) is 0 Å². The van der Waals surface area contributed by atoms with Crippen LogP contribution in [0.15, 0.2) is 40.8 Å². The molecule has 0 radical (unpaired) electrons. The molecule has 0 bridgehead atoms. The maximum Gasteiger partial charge on any atom is 0.257 e. The number of allylic oxidation sites excluding steroid dienone is 1. The third-order valence-corrected chi connectivity index (χ3v) is 6.46. The number of methoxy groups -OCH3 is 1. The van der Waals surface area contributed by atoms with Gasteiger partial charge in [-0.2, -0.15) is 0 Å². The standard InChI is InChI=1S/C29H30N2O5/c1-15-14-29(3,4)30-19-9-8-17-25(24(15)19)23(36-21-11-10-20(32)27(34-7)26(17)21)13-22-18(12-16(2)35-22)28(33)31(5)6/h8-14,30,32H,1-7H3. The van der Waals surface area contributed by atoms with Gasteiger partial charge >= 0.3 is 0 Å². The van der Waals surface area contributed by atoms with Gasteiger partial charge in [0.1, 0.15) is 23.0 Å². The molecule has 7 nitrogen and oxygen atoms in total. The van der Waals surface area contributed by atoms with Crippen molar-refractivity contribution in [2.24, 2.45) is 0 Å². The van der Waals surface area contributed by atoms with Crippen LogP contribution in [0.25, 0.3) is 28.5 Å². The second-order valence-electron chi connectivity index (χ2n) is 10.0. The van der Waals surface area contributed by atoms with E-state index in [0.717, 1.165) is 28.0 Å². The molecule has 186 valence electrons. The molecular weight excluding hydrogens is 456 g/mol. The lowest BCUT2D eigenvalue weighted by atomic mass is 9.83. The highest BCUT2D eigenvalue weighted by atomic mass is 16.5. The number of anilines is 1. The summed E-state index contributed by atoms with van der Waals surface area (Å²) in [4.78, 5) is 14.4. The Kier molecular flexibility index (Phi) is 5.39. The van der Waals surface area contributed by atoms with E-state index >= 15 is 0 Å². The third-order valence-electron chi connectivity index (χ3n) is 6.46. The summed E-state index contributed by atoms with van der Waals surface area (Å²) in [5.74, 6) is 2.35. The van der Waals surface area contributed by atoms with Crippen LogP contribution < -0.4 is 14.8 Å². The molecular formula is C29H30N2O5. The highest BCUT2D eigenvalue weighted by molar-refractivity contribution is 6.04. The maximum atomic E-state index is 12.9. The van der Waals surface area contributed by atoms with E-state index in [4.69, 9.17) is 13.9 Å². The molecule has 0 unspecified atom stereocenters. The van der Waals surface area contributed by atoms with Gasteiger partial charge in [-0.1, -0.05) is 12.1 Å². The minimum Gasteiger partial charge on any atom is -0.504 e. The van der Waals surface area contributed by atoms with E-state index in [1.807, 2.05) is 19.1 Å². The smallest absolute Gasteiger partial charge is 0.257 e. The lowest BCUT2D eigenvalue weighted by Crippen LogP contribution is -2.32. The lowest BCUT2D eigenvalue weighted by molar-refractivity contribution is 0.0826. The van der Waals surface area contributed by atoms with Crippen molar-refractivity contribution in [1.82, 2.24) is 4.90 Å². The Balaban J connectivity index is 1.82. The molecule has 3 heterocycles. The largest absolute Gasteiger partial charge is 0.504 e. The summed E-state index contributed by atoms with van der Waals surface area (Å²) in [6.45, 7) is 8.13. The van der Waals surface area contributed by atoms with Gasteiger partial charge in [-0.05, 0) is 57.5 Å². The molecule has 1 amide bonds. The number of nitrogens with one attached hydrogen (secondary N) is 1. The van der Waals surface area contributed by atoms with E-state index in [-0.39, 0.29) is 17.2 Å². The van der Waals surface area contributed by atoms with Crippen molar-refractivity contribution in [3.8, 4) is 28.4 Å². The number of rotatable bonds is 3. The highest BCUT2D eigenvalue weighted by Gasteiger charge is 2.34. The number of phenols is 1. The zero-order chi connectivity index (χ0) is 25.9.